The Morgan fingerprint density at radius 2 is 1.73 bits per heavy atom. The van der Waals surface area contributed by atoms with Crippen molar-refractivity contribution < 1.29 is 13.2 Å². The fraction of sp³-hybridized carbons (Fsp3) is 0.0625. The Morgan fingerprint density at radius 3 is 2.45 bits per heavy atom. The number of H-pyrrole nitrogens is 1. The van der Waals surface area contributed by atoms with E-state index >= 15 is 0 Å². The largest absolute Gasteiger partial charge is 0.417 e. The van der Waals surface area contributed by atoms with Gasteiger partial charge in [-0.05, 0) is 35.7 Å². The quantitative estimate of drug-likeness (QED) is 0.681. The first-order valence-electron chi connectivity index (χ1n) is 6.35. The van der Waals surface area contributed by atoms with E-state index in [1.165, 1.54) is 30.3 Å². The zero-order chi connectivity index (χ0) is 15.9. The summed E-state index contributed by atoms with van der Waals surface area (Å²) < 4.78 is 39.3. The number of benzene rings is 2. The van der Waals surface area contributed by atoms with Gasteiger partial charge in [0.25, 0.3) is 5.56 Å². The molecule has 0 aliphatic carbocycles. The van der Waals surface area contributed by atoms with Gasteiger partial charge in [0.1, 0.15) is 0 Å². The molecule has 112 valence electrons. The molecule has 2 aromatic carbocycles. The summed E-state index contributed by atoms with van der Waals surface area (Å²) in [4.78, 5) is 14.6. The normalized spacial score (nSPS) is 11.8. The van der Waals surface area contributed by atoms with Crippen molar-refractivity contribution in [1.82, 2.24) is 4.98 Å². The van der Waals surface area contributed by atoms with Crippen LogP contribution in [0.5, 0.6) is 0 Å². The number of hydrogen-bond acceptors (Lipinski definition) is 1. The van der Waals surface area contributed by atoms with Crippen molar-refractivity contribution in [2.45, 2.75) is 6.18 Å². The molecule has 0 bridgehead atoms. The lowest BCUT2D eigenvalue weighted by atomic mass is 10.0. The van der Waals surface area contributed by atoms with Crippen LogP contribution in [0.3, 0.4) is 0 Å². The Bertz CT molecular complexity index is 915. The highest BCUT2D eigenvalue weighted by molar-refractivity contribution is 6.31. The number of alkyl halides is 3. The molecule has 22 heavy (non-hydrogen) atoms. The summed E-state index contributed by atoms with van der Waals surface area (Å²) in [7, 11) is 0. The lowest BCUT2D eigenvalue weighted by Gasteiger charge is -2.13. The van der Waals surface area contributed by atoms with Crippen molar-refractivity contribution in [2.24, 2.45) is 0 Å². The standard InChI is InChI=1S/C16H9ClF3NO/c17-10-5-6-11-9(7-10)8-14(21-15(11)22)12-3-1-2-4-13(12)16(18,19)20/h1-8H,(H,21,22). The first-order chi connectivity index (χ1) is 10.4. The van der Waals surface area contributed by atoms with Crippen molar-refractivity contribution in [2.75, 3.05) is 0 Å². The highest BCUT2D eigenvalue weighted by Gasteiger charge is 2.33. The number of pyridine rings is 1. The minimum absolute atomic E-state index is 0.0750. The molecule has 3 aromatic rings. The summed E-state index contributed by atoms with van der Waals surface area (Å²) in [5.74, 6) is 0. The van der Waals surface area contributed by atoms with E-state index in [1.807, 2.05) is 0 Å². The monoisotopic (exact) mass is 323 g/mol. The fourth-order valence-corrected chi connectivity index (χ4v) is 2.53. The van der Waals surface area contributed by atoms with Gasteiger partial charge in [0, 0.05) is 21.7 Å². The minimum atomic E-state index is -4.50. The SMILES string of the molecule is O=c1[nH]c(-c2ccccc2C(F)(F)F)cc2cc(Cl)ccc12. The Morgan fingerprint density at radius 1 is 1.00 bits per heavy atom. The van der Waals surface area contributed by atoms with Gasteiger partial charge in [0.15, 0.2) is 0 Å². The van der Waals surface area contributed by atoms with Crippen LogP contribution in [0.1, 0.15) is 5.56 Å². The number of nitrogens with one attached hydrogen (secondary N) is 1. The third kappa shape index (κ3) is 2.60. The molecular formula is C16H9ClF3NO. The van der Waals surface area contributed by atoms with Crippen LogP contribution in [-0.2, 0) is 6.18 Å². The number of aromatic amines is 1. The molecule has 1 heterocycles. The molecule has 0 aliphatic rings. The second-order valence-electron chi connectivity index (χ2n) is 4.79. The molecule has 0 fully saturated rings. The molecule has 0 spiro atoms. The average Bonchev–Trinajstić information content (AvgIpc) is 2.45. The zero-order valence-electron chi connectivity index (χ0n) is 11.0. The van der Waals surface area contributed by atoms with Gasteiger partial charge in [-0.3, -0.25) is 4.79 Å². The summed E-state index contributed by atoms with van der Waals surface area (Å²) in [6.45, 7) is 0. The number of fused-ring (bicyclic) bond motifs is 1. The first kappa shape index (κ1) is 14.7. The van der Waals surface area contributed by atoms with E-state index in [0.717, 1.165) is 6.07 Å². The summed E-state index contributed by atoms with van der Waals surface area (Å²) in [5, 5.41) is 1.27. The maximum Gasteiger partial charge on any atom is 0.417 e. The van der Waals surface area contributed by atoms with Gasteiger partial charge in [0.2, 0.25) is 0 Å². The van der Waals surface area contributed by atoms with Crippen LogP contribution in [0.2, 0.25) is 5.02 Å². The van der Waals surface area contributed by atoms with E-state index in [4.69, 9.17) is 11.6 Å². The second-order valence-corrected chi connectivity index (χ2v) is 5.22. The van der Waals surface area contributed by atoms with Crippen molar-refractivity contribution in [3.05, 3.63) is 69.5 Å². The van der Waals surface area contributed by atoms with E-state index in [1.54, 1.807) is 12.1 Å². The predicted octanol–water partition coefficient (Wildman–Crippen LogP) is 4.87. The molecule has 6 heteroatoms. The molecule has 0 saturated heterocycles. The Hall–Kier alpha value is -2.27. The van der Waals surface area contributed by atoms with E-state index < -0.39 is 17.3 Å². The lowest BCUT2D eigenvalue weighted by molar-refractivity contribution is -0.137. The van der Waals surface area contributed by atoms with Gasteiger partial charge in [-0.1, -0.05) is 29.8 Å². The number of aromatic nitrogens is 1. The number of halogens is 4. The second kappa shape index (κ2) is 5.18. The van der Waals surface area contributed by atoms with Crippen LogP contribution in [-0.4, -0.2) is 4.98 Å². The predicted molar refractivity (Wildman–Crippen MR) is 80.0 cm³/mol. The van der Waals surface area contributed by atoms with E-state index in [0.29, 0.717) is 15.8 Å². The van der Waals surface area contributed by atoms with Gasteiger partial charge in [0.05, 0.1) is 5.56 Å². The van der Waals surface area contributed by atoms with Crippen LogP contribution in [0.15, 0.2) is 53.3 Å². The summed E-state index contributed by atoms with van der Waals surface area (Å²) in [5.41, 5.74) is -1.23. The fourth-order valence-electron chi connectivity index (χ4n) is 2.35. The molecule has 0 amide bonds. The minimum Gasteiger partial charge on any atom is -0.321 e. The highest BCUT2D eigenvalue weighted by Crippen LogP contribution is 2.36. The average molecular weight is 324 g/mol. The van der Waals surface area contributed by atoms with Gasteiger partial charge < -0.3 is 4.98 Å². The molecule has 0 saturated carbocycles. The third-order valence-electron chi connectivity index (χ3n) is 3.33. The van der Waals surface area contributed by atoms with Crippen molar-refractivity contribution in [3.8, 4) is 11.3 Å². The van der Waals surface area contributed by atoms with Crippen LogP contribution < -0.4 is 5.56 Å². The van der Waals surface area contributed by atoms with E-state index in [2.05, 4.69) is 4.98 Å². The van der Waals surface area contributed by atoms with Crippen LogP contribution in [0, 0.1) is 0 Å². The van der Waals surface area contributed by atoms with Crippen LogP contribution >= 0.6 is 11.6 Å². The lowest BCUT2D eigenvalue weighted by Crippen LogP contribution is -2.11. The molecule has 0 atom stereocenters. The topological polar surface area (TPSA) is 32.9 Å². The van der Waals surface area contributed by atoms with Gasteiger partial charge >= 0.3 is 6.18 Å². The third-order valence-corrected chi connectivity index (χ3v) is 3.56. The Kier molecular flexibility index (Phi) is 3.45. The van der Waals surface area contributed by atoms with Gasteiger partial charge in [-0.2, -0.15) is 13.2 Å². The number of hydrogen-bond donors (Lipinski definition) is 1. The van der Waals surface area contributed by atoms with Crippen molar-refractivity contribution >= 4 is 22.4 Å². The molecule has 0 radical (unpaired) electrons. The smallest absolute Gasteiger partial charge is 0.321 e. The van der Waals surface area contributed by atoms with Crippen molar-refractivity contribution in [3.63, 3.8) is 0 Å². The number of rotatable bonds is 1. The Balaban J connectivity index is 2.30. The summed E-state index contributed by atoms with van der Waals surface area (Å²) in [6.07, 6.45) is -4.50. The van der Waals surface area contributed by atoms with E-state index in [9.17, 15) is 18.0 Å². The highest BCUT2D eigenvalue weighted by atomic mass is 35.5. The first-order valence-corrected chi connectivity index (χ1v) is 6.73. The maximum absolute atomic E-state index is 13.1. The zero-order valence-corrected chi connectivity index (χ0v) is 11.8. The maximum atomic E-state index is 13.1. The van der Waals surface area contributed by atoms with Gasteiger partial charge in [-0.25, -0.2) is 0 Å². The molecule has 0 aliphatic heterocycles. The van der Waals surface area contributed by atoms with E-state index in [-0.39, 0.29) is 11.3 Å². The molecule has 1 aromatic heterocycles. The molecule has 1 N–H and O–H groups in total. The van der Waals surface area contributed by atoms with Crippen molar-refractivity contribution in [1.29, 1.82) is 0 Å². The molecule has 0 unspecified atom stereocenters. The summed E-state index contributed by atoms with van der Waals surface area (Å²) >= 11 is 5.88. The van der Waals surface area contributed by atoms with Gasteiger partial charge in [-0.15, -0.1) is 0 Å². The molecule has 2 nitrogen and oxygen atoms in total. The molecule has 3 rings (SSSR count). The summed E-state index contributed by atoms with van der Waals surface area (Å²) in [6, 6.07) is 11.2. The Labute approximate surface area is 128 Å². The molecular weight excluding hydrogens is 315 g/mol. The van der Waals surface area contributed by atoms with Crippen LogP contribution in [0.25, 0.3) is 22.0 Å². The van der Waals surface area contributed by atoms with Crippen LogP contribution in [0.4, 0.5) is 13.2 Å².